The standard InChI is InChI=1S/C21H25NO4S/c1-25-17-9-11-19(21(14-17)26-2)20-7-4-12-22(20)27(23,24)18-10-8-15-5-3-6-16(15)13-18/h8-11,13-14,20H,3-7,12H2,1-2H3. The van der Waals surface area contributed by atoms with Crippen molar-refractivity contribution >= 4 is 10.0 Å². The molecule has 2 aromatic carbocycles. The first-order valence-corrected chi connectivity index (χ1v) is 10.8. The fraction of sp³-hybridized carbons (Fsp3) is 0.429. The Bertz CT molecular complexity index is 955. The van der Waals surface area contributed by atoms with Gasteiger partial charge in [0.2, 0.25) is 10.0 Å². The van der Waals surface area contributed by atoms with Crippen molar-refractivity contribution in [3.8, 4) is 11.5 Å². The van der Waals surface area contributed by atoms with Gasteiger partial charge < -0.3 is 9.47 Å². The van der Waals surface area contributed by atoms with Gasteiger partial charge in [-0.1, -0.05) is 12.1 Å². The highest BCUT2D eigenvalue weighted by molar-refractivity contribution is 7.89. The molecule has 1 unspecified atom stereocenters. The highest BCUT2D eigenvalue weighted by atomic mass is 32.2. The van der Waals surface area contributed by atoms with E-state index in [4.69, 9.17) is 9.47 Å². The second kappa shape index (κ2) is 7.17. The van der Waals surface area contributed by atoms with Crippen LogP contribution in [-0.4, -0.2) is 33.5 Å². The number of benzene rings is 2. The van der Waals surface area contributed by atoms with E-state index in [0.717, 1.165) is 37.7 Å². The fourth-order valence-corrected chi connectivity index (χ4v) is 6.00. The molecule has 0 saturated carbocycles. The molecule has 1 atom stereocenters. The zero-order chi connectivity index (χ0) is 19.0. The van der Waals surface area contributed by atoms with Crippen molar-refractivity contribution < 1.29 is 17.9 Å². The smallest absolute Gasteiger partial charge is 0.243 e. The average Bonchev–Trinajstić information content (AvgIpc) is 3.36. The largest absolute Gasteiger partial charge is 0.497 e. The lowest BCUT2D eigenvalue weighted by molar-refractivity contribution is 0.361. The minimum atomic E-state index is -3.55. The maximum Gasteiger partial charge on any atom is 0.243 e. The molecule has 5 nitrogen and oxygen atoms in total. The maximum absolute atomic E-state index is 13.4. The van der Waals surface area contributed by atoms with E-state index in [0.29, 0.717) is 22.9 Å². The molecule has 0 N–H and O–H groups in total. The van der Waals surface area contributed by atoms with Gasteiger partial charge in [0.05, 0.1) is 25.2 Å². The van der Waals surface area contributed by atoms with Crippen LogP contribution in [0.1, 0.15) is 42.0 Å². The van der Waals surface area contributed by atoms with Gasteiger partial charge in [-0.15, -0.1) is 0 Å². The van der Waals surface area contributed by atoms with E-state index in [1.807, 2.05) is 30.3 Å². The van der Waals surface area contributed by atoms with Crippen molar-refractivity contribution in [2.45, 2.75) is 43.0 Å². The second-order valence-electron chi connectivity index (χ2n) is 7.17. The maximum atomic E-state index is 13.4. The number of hydrogen-bond donors (Lipinski definition) is 0. The van der Waals surface area contributed by atoms with Crippen molar-refractivity contribution in [2.75, 3.05) is 20.8 Å². The number of fused-ring (bicyclic) bond motifs is 1. The summed E-state index contributed by atoms with van der Waals surface area (Å²) in [6, 6.07) is 11.0. The molecule has 4 rings (SSSR count). The summed E-state index contributed by atoms with van der Waals surface area (Å²) in [7, 11) is -0.342. The summed E-state index contributed by atoms with van der Waals surface area (Å²) in [5, 5.41) is 0. The molecular weight excluding hydrogens is 362 g/mol. The number of ether oxygens (including phenoxy) is 2. The minimum Gasteiger partial charge on any atom is -0.497 e. The van der Waals surface area contributed by atoms with Crippen LogP contribution in [-0.2, 0) is 22.9 Å². The summed E-state index contributed by atoms with van der Waals surface area (Å²) in [6.07, 6.45) is 4.74. The van der Waals surface area contributed by atoms with Gasteiger partial charge in [0, 0.05) is 18.2 Å². The first kappa shape index (κ1) is 18.3. The third-order valence-electron chi connectivity index (χ3n) is 5.68. The Morgan fingerprint density at radius 1 is 0.963 bits per heavy atom. The van der Waals surface area contributed by atoms with Crippen LogP contribution in [0, 0.1) is 0 Å². The van der Waals surface area contributed by atoms with Gasteiger partial charge in [0.15, 0.2) is 0 Å². The zero-order valence-electron chi connectivity index (χ0n) is 15.8. The fourth-order valence-electron chi connectivity index (χ4n) is 4.28. The highest BCUT2D eigenvalue weighted by Gasteiger charge is 2.38. The van der Waals surface area contributed by atoms with Crippen LogP contribution in [0.4, 0.5) is 0 Å². The summed E-state index contributed by atoms with van der Waals surface area (Å²) in [6.45, 7) is 0.527. The van der Waals surface area contributed by atoms with Gasteiger partial charge in [-0.3, -0.25) is 0 Å². The van der Waals surface area contributed by atoms with E-state index in [1.165, 1.54) is 11.1 Å². The average molecular weight is 388 g/mol. The molecule has 27 heavy (non-hydrogen) atoms. The molecule has 2 aromatic rings. The van der Waals surface area contributed by atoms with Crippen LogP contribution in [0.2, 0.25) is 0 Å². The van der Waals surface area contributed by atoms with Crippen molar-refractivity contribution in [1.29, 1.82) is 0 Å². The molecule has 0 spiro atoms. The highest BCUT2D eigenvalue weighted by Crippen LogP contribution is 2.41. The summed E-state index contributed by atoms with van der Waals surface area (Å²) in [4.78, 5) is 0.405. The van der Waals surface area contributed by atoms with Crippen molar-refractivity contribution in [1.82, 2.24) is 4.31 Å². The molecule has 0 bridgehead atoms. The lowest BCUT2D eigenvalue weighted by Gasteiger charge is -2.26. The van der Waals surface area contributed by atoms with Gasteiger partial charge in [-0.05, 0) is 61.4 Å². The van der Waals surface area contributed by atoms with Crippen LogP contribution in [0.15, 0.2) is 41.3 Å². The topological polar surface area (TPSA) is 55.8 Å². The van der Waals surface area contributed by atoms with E-state index in [2.05, 4.69) is 0 Å². The van der Waals surface area contributed by atoms with E-state index in [9.17, 15) is 8.42 Å². The second-order valence-corrected chi connectivity index (χ2v) is 9.06. The van der Waals surface area contributed by atoms with Crippen LogP contribution in [0.25, 0.3) is 0 Å². The molecule has 1 saturated heterocycles. The van der Waals surface area contributed by atoms with Gasteiger partial charge in [0.1, 0.15) is 11.5 Å². The van der Waals surface area contributed by atoms with Crippen molar-refractivity contribution in [3.05, 3.63) is 53.1 Å². The summed E-state index contributed by atoms with van der Waals surface area (Å²) < 4.78 is 39.2. The molecule has 1 heterocycles. The van der Waals surface area contributed by atoms with Gasteiger partial charge in [-0.25, -0.2) is 8.42 Å². The summed E-state index contributed by atoms with van der Waals surface area (Å²) in [5.74, 6) is 1.36. The van der Waals surface area contributed by atoms with Crippen LogP contribution in [0.5, 0.6) is 11.5 Å². The molecule has 1 aliphatic heterocycles. The first-order chi connectivity index (χ1) is 13.0. The predicted molar refractivity (Wildman–Crippen MR) is 104 cm³/mol. The molecular formula is C21H25NO4S. The number of rotatable bonds is 5. The minimum absolute atomic E-state index is 0.218. The normalized spacial score (nSPS) is 19.9. The van der Waals surface area contributed by atoms with Crippen molar-refractivity contribution in [2.24, 2.45) is 0 Å². The summed E-state index contributed by atoms with van der Waals surface area (Å²) in [5.41, 5.74) is 3.35. The molecule has 1 aliphatic carbocycles. The number of methoxy groups -OCH3 is 2. The molecule has 144 valence electrons. The van der Waals surface area contributed by atoms with E-state index >= 15 is 0 Å². The number of hydrogen-bond acceptors (Lipinski definition) is 4. The van der Waals surface area contributed by atoms with Gasteiger partial charge in [0.25, 0.3) is 0 Å². The molecule has 0 radical (unpaired) electrons. The zero-order valence-corrected chi connectivity index (χ0v) is 16.6. The van der Waals surface area contributed by atoms with Crippen LogP contribution in [0.3, 0.4) is 0 Å². The lowest BCUT2D eigenvalue weighted by Crippen LogP contribution is -2.31. The quantitative estimate of drug-likeness (QED) is 0.785. The monoisotopic (exact) mass is 387 g/mol. The lowest BCUT2D eigenvalue weighted by atomic mass is 10.0. The first-order valence-electron chi connectivity index (χ1n) is 9.40. The Morgan fingerprint density at radius 2 is 1.78 bits per heavy atom. The van der Waals surface area contributed by atoms with E-state index in [1.54, 1.807) is 24.6 Å². The molecule has 0 aromatic heterocycles. The molecule has 0 amide bonds. The Hall–Kier alpha value is -2.05. The Balaban J connectivity index is 1.71. The third-order valence-corrected chi connectivity index (χ3v) is 7.58. The van der Waals surface area contributed by atoms with Crippen LogP contribution < -0.4 is 9.47 Å². The van der Waals surface area contributed by atoms with Crippen molar-refractivity contribution in [3.63, 3.8) is 0 Å². The Morgan fingerprint density at radius 3 is 2.56 bits per heavy atom. The number of aryl methyl sites for hydroxylation is 2. The van der Waals surface area contributed by atoms with Gasteiger partial charge in [-0.2, -0.15) is 4.31 Å². The molecule has 1 fully saturated rings. The number of nitrogens with zero attached hydrogens (tertiary/aromatic N) is 1. The Labute approximate surface area is 161 Å². The van der Waals surface area contributed by atoms with E-state index < -0.39 is 10.0 Å². The SMILES string of the molecule is COc1ccc(C2CCCN2S(=O)(=O)c2ccc3c(c2)CCC3)c(OC)c1. The molecule has 2 aliphatic rings. The Kier molecular flexibility index (Phi) is 4.86. The third kappa shape index (κ3) is 3.21. The number of sulfonamides is 1. The predicted octanol–water partition coefficient (Wildman–Crippen LogP) is 3.72. The summed E-state index contributed by atoms with van der Waals surface area (Å²) >= 11 is 0. The molecule has 6 heteroatoms. The van der Waals surface area contributed by atoms with Gasteiger partial charge >= 0.3 is 0 Å². The van der Waals surface area contributed by atoms with Crippen LogP contribution >= 0.6 is 0 Å². The van der Waals surface area contributed by atoms with E-state index in [-0.39, 0.29) is 6.04 Å².